The van der Waals surface area contributed by atoms with Crippen molar-refractivity contribution in [2.75, 3.05) is 5.32 Å². The summed E-state index contributed by atoms with van der Waals surface area (Å²) in [4.78, 5) is 15.9. The van der Waals surface area contributed by atoms with E-state index in [-0.39, 0.29) is 11.8 Å². The highest BCUT2D eigenvalue weighted by molar-refractivity contribution is 9.10. The highest BCUT2D eigenvalue weighted by Gasteiger charge is 2.12. The van der Waals surface area contributed by atoms with Crippen molar-refractivity contribution in [2.45, 2.75) is 0 Å². The summed E-state index contributed by atoms with van der Waals surface area (Å²) >= 11 is 3.45. The van der Waals surface area contributed by atoms with Crippen molar-refractivity contribution >= 4 is 27.7 Å². The van der Waals surface area contributed by atoms with E-state index in [1.165, 1.54) is 6.20 Å². The second-order valence-corrected chi connectivity index (χ2v) is 5.11. The molecule has 1 N–H and O–H groups in total. The number of carbonyl (C=O) groups is 1. The molecule has 0 saturated heterocycles. The molecule has 2 aromatic heterocycles. The van der Waals surface area contributed by atoms with Crippen LogP contribution in [0.2, 0.25) is 0 Å². The lowest BCUT2D eigenvalue weighted by molar-refractivity contribution is 0.102. The van der Waals surface area contributed by atoms with Gasteiger partial charge in [0.15, 0.2) is 0 Å². The first-order valence-electron chi connectivity index (χ1n) is 6.17. The Labute approximate surface area is 129 Å². The molecule has 3 rings (SSSR count). The van der Waals surface area contributed by atoms with Crippen LogP contribution < -0.4 is 5.32 Å². The number of carbonyl (C=O) groups excluding carboxylic acids is 1. The predicted octanol–water partition coefficient (Wildman–Crippen LogP) is 3.75. The van der Waals surface area contributed by atoms with E-state index in [0.717, 1.165) is 10.0 Å². The zero-order valence-corrected chi connectivity index (χ0v) is 12.4. The monoisotopic (exact) mass is 343 g/mol. The van der Waals surface area contributed by atoms with Crippen LogP contribution in [0.25, 0.3) is 11.3 Å². The van der Waals surface area contributed by atoms with Gasteiger partial charge in [-0.15, -0.1) is 0 Å². The van der Waals surface area contributed by atoms with E-state index >= 15 is 0 Å². The summed E-state index contributed by atoms with van der Waals surface area (Å²) in [6.07, 6.45) is 3.09. The third-order valence-electron chi connectivity index (χ3n) is 2.82. The fourth-order valence-electron chi connectivity index (χ4n) is 1.81. The van der Waals surface area contributed by atoms with E-state index in [2.05, 4.69) is 31.4 Å². The maximum absolute atomic E-state index is 12.0. The molecule has 5 nitrogen and oxygen atoms in total. The summed E-state index contributed by atoms with van der Waals surface area (Å²) in [6, 6.07) is 12.7. The minimum atomic E-state index is -0.294. The molecule has 0 aliphatic heterocycles. The van der Waals surface area contributed by atoms with Crippen LogP contribution in [0.1, 0.15) is 10.4 Å². The number of hydrogen-bond donors (Lipinski definition) is 1. The van der Waals surface area contributed by atoms with Gasteiger partial charge in [0.1, 0.15) is 5.69 Å². The fourth-order valence-corrected chi connectivity index (χ4v) is 2.30. The zero-order chi connectivity index (χ0) is 14.7. The van der Waals surface area contributed by atoms with Gasteiger partial charge < -0.3 is 4.52 Å². The standard InChI is InChI=1S/C15H10BrN3O2/c16-12-6-2-1-5-11(12)13-8-14(21-19-13)18-15(20)10-4-3-7-17-9-10/h1-9H,(H,18,20). The van der Waals surface area contributed by atoms with Gasteiger partial charge in [0.25, 0.3) is 5.91 Å². The first-order chi connectivity index (χ1) is 10.2. The zero-order valence-electron chi connectivity index (χ0n) is 10.8. The summed E-state index contributed by atoms with van der Waals surface area (Å²) in [7, 11) is 0. The van der Waals surface area contributed by atoms with Gasteiger partial charge in [-0.05, 0) is 18.2 Å². The molecule has 0 aliphatic carbocycles. The summed E-state index contributed by atoms with van der Waals surface area (Å²) in [5.74, 6) is -0.00691. The molecule has 1 aromatic carbocycles. The van der Waals surface area contributed by atoms with Crippen molar-refractivity contribution in [1.82, 2.24) is 10.1 Å². The lowest BCUT2D eigenvalue weighted by atomic mass is 10.1. The van der Waals surface area contributed by atoms with Crippen LogP contribution in [0.15, 0.2) is 63.9 Å². The number of pyridine rings is 1. The minimum absolute atomic E-state index is 0.287. The Balaban J connectivity index is 1.80. The largest absolute Gasteiger partial charge is 0.338 e. The number of anilines is 1. The van der Waals surface area contributed by atoms with Crippen LogP contribution in [-0.2, 0) is 0 Å². The molecule has 0 bridgehead atoms. The minimum Gasteiger partial charge on any atom is -0.338 e. The fraction of sp³-hybridized carbons (Fsp3) is 0. The lowest BCUT2D eigenvalue weighted by Crippen LogP contribution is -2.11. The van der Waals surface area contributed by atoms with Gasteiger partial charge in [0.05, 0.1) is 5.56 Å². The smallest absolute Gasteiger partial charge is 0.259 e. The molecule has 6 heteroatoms. The van der Waals surface area contributed by atoms with E-state index in [9.17, 15) is 4.79 Å². The van der Waals surface area contributed by atoms with Crippen molar-refractivity contribution in [3.8, 4) is 11.3 Å². The van der Waals surface area contributed by atoms with E-state index in [4.69, 9.17) is 4.52 Å². The average Bonchev–Trinajstić information content (AvgIpc) is 2.97. The molecule has 104 valence electrons. The number of nitrogens with one attached hydrogen (secondary N) is 1. The van der Waals surface area contributed by atoms with Gasteiger partial charge >= 0.3 is 0 Å². The second-order valence-electron chi connectivity index (χ2n) is 4.25. The predicted molar refractivity (Wildman–Crippen MR) is 81.8 cm³/mol. The van der Waals surface area contributed by atoms with Crippen LogP contribution in [0, 0.1) is 0 Å². The van der Waals surface area contributed by atoms with Crippen molar-refractivity contribution in [1.29, 1.82) is 0 Å². The Morgan fingerprint density at radius 1 is 1.19 bits per heavy atom. The molecular formula is C15H10BrN3O2. The third kappa shape index (κ3) is 3.00. The Hall–Kier alpha value is -2.47. The molecule has 1 amide bonds. The highest BCUT2D eigenvalue weighted by atomic mass is 79.9. The quantitative estimate of drug-likeness (QED) is 0.786. The molecule has 0 saturated carbocycles. The third-order valence-corrected chi connectivity index (χ3v) is 3.51. The Kier molecular flexibility index (Phi) is 3.79. The molecule has 21 heavy (non-hydrogen) atoms. The first kappa shape index (κ1) is 13.5. The number of hydrogen-bond acceptors (Lipinski definition) is 4. The molecule has 0 fully saturated rings. The number of amides is 1. The van der Waals surface area contributed by atoms with Crippen LogP contribution in [0.4, 0.5) is 5.88 Å². The van der Waals surface area contributed by atoms with Gasteiger partial charge in [0, 0.05) is 28.5 Å². The summed E-state index contributed by atoms with van der Waals surface area (Å²) in [5.41, 5.74) is 1.99. The van der Waals surface area contributed by atoms with Crippen molar-refractivity contribution in [2.24, 2.45) is 0 Å². The van der Waals surface area contributed by atoms with Gasteiger partial charge in [-0.1, -0.05) is 39.3 Å². The topological polar surface area (TPSA) is 68.0 Å². The molecule has 0 spiro atoms. The van der Waals surface area contributed by atoms with Crippen molar-refractivity contribution < 1.29 is 9.32 Å². The molecule has 2 heterocycles. The van der Waals surface area contributed by atoms with E-state index in [0.29, 0.717) is 11.3 Å². The summed E-state index contributed by atoms with van der Waals surface area (Å²) < 4.78 is 6.05. The molecule has 0 atom stereocenters. The van der Waals surface area contributed by atoms with Crippen molar-refractivity contribution in [3.63, 3.8) is 0 Å². The first-order valence-corrected chi connectivity index (χ1v) is 6.96. The van der Waals surface area contributed by atoms with Gasteiger partial charge in [-0.2, -0.15) is 0 Å². The normalized spacial score (nSPS) is 10.3. The highest BCUT2D eigenvalue weighted by Crippen LogP contribution is 2.28. The number of benzene rings is 1. The van der Waals surface area contributed by atoms with Crippen molar-refractivity contribution in [3.05, 3.63) is 64.9 Å². The number of halogens is 1. The number of nitrogens with zero attached hydrogens (tertiary/aromatic N) is 2. The Bertz CT molecular complexity index is 771. The van der Waals surface area contributed by atoms with Crippen LogP contribution in [-0.4, -0.2) is 16.0 Å². The van der Waals surface area contributed by atoms with Crippen LogP contribution in [0.3, 0.4) is 0 Å². The van der Waals surface area contributed by atoms with Gasteiger partial charge in [-0.3, -0.25) is 15.1 Å². The Morgan fingerprint density at radius 3 is 2.81 bits per heavy atom. The van der Waals surface area contributed by atoms with E-state index in [1.54, 1.807) is 24.4 Å². The van der Waals surface area contributed by atoms with Crippen LogP contribution in [0.5, 0.6) is 0 Å². The molecule has 3 aromatic rings. The molecule has 0 unspecified atom stereocenters. The molecule has 0 radical (unpaired) electrons. The SMILES string of the molecule is O=C(Nc1cc(-c2ccccc2Br)no1)c1cccnc1. The average molecular weight is 344 g/mol. The van der Waals surface area contributed by atoms with E-state index < -0.39 is 0 Å². The van der Waals surface area contributed by atoms with Crippen LogP contribution >= 0.6 is 15.9 Å². The maximum atomic E-state index is 12.0. The van der Waals surface area contributed by atoms with E-state index in [1.807, 2.05) is 24.3 Å². The molecular weight excluding hydrogens is 334 g/mol. The summed E-state index contributed by atoms with van der Waals surface area (Å²) in [5, 5.41) is 6.60. The molecule has 0 aliphatic rings. The number of aromatic nitrogens is 2. The lowest BCUT2D eigenvalue weighted by Gasteiger charge is -1.99. The van der Waals surface area contributed by atoms with Gasteiger partial charge in [-0.25, -0.2) is 0 Å². The Morgan fingerprint density at radius 2 is 2.05 bits per heavy atom. The second kappa shape index (κ2) is 5.88. The van der Waals surface area contributed by atoms with Gasteiger partial charge in [0.2, 0.25) is 5.88 Å². The number of rotatable bonds is 3. The maximum Gasteiger partial charge on any atom is 0.259 e. The summed E-state index contributed by atoms with van der Waals surface area (Å²) in [6.45, 7) is 0.